The lowest BCUT2D eigenvalue weighted by Gasteiger charge is -2.30. The zero-order chi connectivity index (χ0) is 9.31. The monoisotopic (exact) mass is 185 g/mol. The first-order valence-electron chi connectivity index (χ1n) is 5.07. The van der Waals surface area contributed by atoms with E-state index in [9.17, 15) is 0 Å². The average Bonchev–Trinajstić information content (AvgIpc) is 2.60. The molecule has 0 unspecified atom stereocenters. The maximum absolute atomic E-state index is 5.42. The molecule has 0 aliphatic carbocycles. The van der Waals surface area contributed by atoms with E-state index in [-0.39, 0.29) is 0 Å². The van der Waals surface area contributed by atoms with E-state index in [1.54, 1.807) is 7.11 Å². The molecule has 2 atom stereocenters. The zero-order valence-electron chi connectivity index (χ0n) is 8.58. The Labute approximate surface area is 80.0 Å². The number of methoxy groups -OCH3 is 2. The first kappa shape index (κ1) is 9.44. The number of ether oxygens (including phenoxy) is 2. The summed E-state index contributed by atoms with van der Waals surface area (Å²) in [5, 5.41) is 0. The molecule has 3 nitrogen and oxygen atoms in total. The molecule has 0 N–H and O–H groups in total. The van der Waals surface area contributed by atoms with Crippen molar-refractivity contribution >= 4 is 0 Å². The van der Waals surface area contributed by atoms with Crippen molar-refractivity contribution in [2.75, 3.05) is 33.9 Å². The van der Waals surface area contributed by atoms with Gasteiger partial charge in [0.2, 0.25) is 0 Å². The van der Waals surface area contributed by atoms with Gasteiger partial charge in [0, 0.05) is 26.3 Å². The predicted molar refractivity (Wildman–Crippen MR) is 50.8 cm³/mol. The zero-order valence-corrected chi connectivity index (χ0v) is 8.58. The standard InChI is InChI=1S/C10H19NO2/c1-12-8-10-4-3-5-11(10)7-9(6-10)13-2/h9H,3-8H2,1-2H3/t9-,10+/m1/s1. The van der Waals surface area contributed by atoms with E-state index >= 15 is 0 Å². The second-order valence-electron chi connectivity index (χ2n) is 4.27. The maximum atomic E-state index is 5.42. The van der Waals surface area contributed by atoms with Gasteiger partial charge in [-0.3, -0.25) is 4.90 Å². The van der Waals surface area contributed by atoms with E-state index in [0.29, 0.717) is 11.6 Å². The van der Waals surface area contributed by atoms with Gasteiger partial charge in [-0.15, -0.1) is 0 Å². The Kier molecular flexibility index (Phi) is 2.58. The van der Waals surface area contributed by atoms with Crippen molar-refractivity contribution in [1.82, 2.24) is 4.90 Å². The van der Waals surface area contributed by atoms with Gasteiger partial charge in [-0.1, -0.05) is 0 Å². The quantitative estimate of drug-likeness (QED) is 0.651. The van der Waals surface area contributed by atoms with Crippen LogP contribution in [0.4, 0.5) is 0 Å². The Morgan fingerprint density at radius 1 is 1.46 bits per heavy atom. The fourth-order valence-electron chi connectivity index (χ4n) is 2.89. The van der Waals surface area contributed by atoms with Crippen LogP contribution < -0.4 is 0 Å². The number of fused-ring (bicyclic) bond motifs is 1. The molecule has 3 heteroatoms. The van der Waals surface area contributed by atoms with Gasteiger partial charge in [0.1, 0.15) is 0 Å². The summed E-state index contributed by atoms with van der Waals surface area (Å²) < 4.78 is 10.7. The molecule has 0 bridgehead atoms. The molecule has 0 aromatic carbocycles. The van der Waals surface area contributed by atoms with Crippen LogP contribution in [0.3, 0.4) is 0 Å². The highest BCUT2D eigenvalue weighted by Gasteiger charge is 2.48. The summed E-state index contributed by atoms with van der Waals surface area (Å²) in [6.45, 7) is 3.19. The molecule has 2 saturated heterocycles. The average molecular weight is 185 g/mol. The molecule has 2 rings (SSSR count). The highest BCUT2D eigenvalue weighted by molar-refractivity contribution is 5.03. The minimum atomic E-state index is 0.315. The third-order valence-electron chi connectivity index (χ3n) is 3.52. The second-order valence-corrected chi connectivity index (χ2v) is 4.27. The summed E-state index contributed by atoms with van der Waals surface area (Å²) >= 11 is 0. The Bertz CT molecular complexity index is 186. The first-order valence-corrected chi connectivity index (χ1v) is 5.07. The fraction of sp³-hybridized carbons (Fsp3) is 1.00. The molecule has 0 aromatic heterocycles. The summed E-state index contributed by atoms with van der Waals surface area (Å²) in [7, 11) is 3.61. The van der Waals surface area contributed by atoms with Crippen molar-refractivity contribution < 1.29 is 9.47 Å². The van der Waals surface area contributed by atoms with Crippen molar-refractivity contribution in [2.45, 2.75) is 30.9 Å². The first-order chi connectivity index (χ1) is 6.30. The van der Waals surface area contributed by atoms with Crippen LogP contribution in [0.2, 0.25) is 0 Å². The van der Waals surface area contributed by atoms with Gasteiger partial charge in [0.25, 0.3) is 0 Å². The van der Waals surface area contributed by atoms with E-state index < -0.39 is 0 Å². The molecule has 0 amide bonds. The minimum absolute atomic E-state index is 0.315. The van der Waals surface area contributed by atoms with E-state index in [4.69, 9.17) is 9.47 Å². The summed E-state index contributed by atoms with van der Waals surface area (Å²) in [5.74, 6) is 0. The largest absolute Gasteiger partial charge is 0.383 e. The lowest BCUT2D eigenvalue weighted by Crippen LogP contribution is -2.42. The lowest BCUT2D eigenvalue weighted by atomic mass is 9.94. The van der Waals surface area contributed by atoms with E-state index in [0.717, 1.165) is 19.6 Å². The molecule has 13 heavy (non-hydrogen) atoms. The van der Waals surface area contributed by atoms with Crippen molar-refractivity contribution in [1.29, 1.82) is 0 Å². The number of nitrogens with zero attached hydrogens (tertiary/aromatic N) is 1. The molecule has 2 fully saturated rings. The van der Waals surface area contributed by atoms with Gasteiger partial charge in [0.15, 0.2) is 0 Å². The van der Waals surface area contributed by atoms with Crippen LogP contribution in [0.15, 0.2) is 0 Å². The molecule has 0 saturated carbocycles. The van der Waals surface area contributed by atoms with Crippen molar-refractivity contribution in [2.24, 2.45) is 0 Å². The SMILES string of the molecule is COC[C@@]12CCCN1C[C@H](OC)C2. The molecular weight excluding hydrogens is 166 g/mol. The molecule has 76 valence electrons. The van der Waals surface area contributed by atoms with Crippen molar-refractivity contribution in [3.8, 4) is 0 Å². The van der Waals surface area contributed by atoms with Gasteiger partial charge in [-0.2, -0.15) is 0 Å². The van der Waals surface area contributed by atoms with Crippen molar-refractivity contribution in [3.05, 3.63) is 0 Å². The number of hydrogen-bond acceptors (Lipinski definition) is 3. The van der Waals surface area contributed by atoms with E-state index in [1.165, 1.54) is 19.4 Å². The highest BCUT2D eigenvalue weighted by atomic mass is 16.5. The molecule has 2 aliphatic rings. The van der Waals surface area contributed by atoms with Crippen LogP contribution in [0.1, 0.15) is 19.3 Å². The van der Waals surface area contributed by atoms with Crippen LogP contribution in [0.25, 0.3) is 0 Å². The van der Waals surface area contributed by atoms with Gasteiger partial charge in [0.05, 0.1) is 12.7 Å². The summed E-state index contributed by atoms with van der Waals surface area (Å²) in [4.78, 5) is 2.55. The Morgan fingerprint density at radius 3 is 3.00 bits per heavy atom. The molecule has 0 spiro atoms. The molecule has 2 aliphatic heterocycles. The van der Waals surface area contributed by atoms with Gasteiger partial charge in [-0.25, -0.2) is 0 Å². The normalized spacial score (nSPS) is 39.7. The predicted octanol–water partition coefficient (Wildman–Crippen LogP) is 0.886. The minimum Gasteiger partial charge on any atom is -0.383 e. The third kappa shape index (κ3) is 1.49. The summed E-state index contributed by atoms with van der Waals surface area (Å²) in [6.07, 6.45) is 4.17. The molecule has 0 radical (unpaired) electrons. The molecule has 2 heterocycles. The third-order valence-corrected chi connectivity index (χ3v) is 3.52. The van der Waals surface area contributed by atoms with Gasteiger partial charge in [-0.05, 0) is 25.8 Å². The number of hydrogen-bond donors (Lipinski definition) is 0. The maximum Gasteiger partial charge on any atom is 0.0716 e. The van der Waals surface area contributed by atoms with Crippen LogP contribution in [0.5, 0.6) is 0 Å². The van der Waals surface area contributed by atoms with Gasteiger partial charge >= 0.3 is 0 Å². The topological polar surface area (TPSA) is 21.7 Å². The smallest absolute Gasteiger partial charge is 0.0716 e. The van der Waals surface area contributed by atoms with Crippen molar-refractivity contribution in [3.63, 3.8) is 0 Å². The Hall–Kier alpha value is -0.120. The van der Waals surface area contributed by atoms with Crippen LogP contribution in [-0.2, 0) is 9.47 Å². The molecule has 0 aromatic rings. The van der Waals surface area contributed by atoms with E-state index in [1.807, 2.05) is 7.11 Å². The highest BCUT2D eigenvalue weighted by Crippen LogP contribution is 2.39. The molecular formula is C10H19NO2. The Morgan fingerprint density at radius 2 is 2.31 bits per heavy atom. The van der Waals surface area contributed by atoms with Crippen LogP contribution >= 0.6 is 0 Å². The summed E-state index contributed by atoms with van der Waals surface area (Å²) in [6, 6.07) is 0. The fourth-order valence-corrected chi connectivity index (χ4v) is 2.89. The van der Waals surface area contributed by atoms with Gasteiger partial charge < -0.3 is 9.47 Å². The number of rotatable bonds is 3. The summed E-state index contributed by atoms with van der Waals surface area (Å²) in [5.41, 5.74) is 0.315. The van der Waals surface area contributed by atoms with Crippen LogP contribution in [-0.4, -0.2) is 50.5 Å². The van der Waals surface area contributed by atoms with E-state index in [2.05, 4.69) is 4.90 Å². The van der Waals surface area contributed by atoms with Crippen LogP contribution in [0, 0.1) is 0 Å². The second kappa shape index (κ2) is 3.56. The Balaban J connectivity index is 2.05. The lowest BCUT2D eigenvalue weighted by molar-refractivity contribution is 0.0632.